The SMILES string of the molecule is Cc1ccc(-c2nn(Cc3ccc(F)cc3)c(-c3ccc(C)cc3)c2Cl)cc1. The lowest BCUT2D eigenvalue weighted by atomic mass is 10.1. The Kier molecular flexibility index (Phi) is 5.01. The second kappa shape index (κ2) is 7.61. The van der Waals surface area contributed by atoms with Crippen LogP contribution in [-0.4, -0.2) is 9.78 Å². The lowest BCUT2D eigenvalue weighted by Crippen LogP contribution is -2.04. The highest BCUT2D eigenvalue weighted by molar-refractivity contribution is 6.35. The number of rotatable bonds is 4. The van der Waals surface area contributed by atoms with Crippen LogP contribution < -0.4 is 0 Å². The van der Waals surface area contributed by atoms with Crippen LogP contribution in [0.3, 0.4) is 0 Å². The molecule has 0 saturated carbocycles. The van der Waals surface area contributed by atoms with E-state index in [4.69, 9.17) is 16.7 Å². The van der Waals surface area contributed by atoms with Gasteiger partial charge in [0.15, 0.2) is 0 Å². The van der Waals surface area contributed by atoms with Crippen molar-refractivity contribution in [1.29, 1.82) is 0 Å². The van der Waals surface area contributed by atoms with Gasteiger partial charge in [-0.15, -0.1) is 0 Å². The molecule has 1 aromatic heterocycles. The maximum atomic E-state index is 13.3. The van der Waals surface area contributed by atoms with Crippen molar-refractivity contribution < 1.29 is 4.39 Å². The fraction of sp³-hybridized carbons (Fsp3) is 0.125. The quantitative estimate of drug-likeness (QED) is 0.380. The summed E-state index contributed by atoms with van der Waals surface area (Å²) in [7, 11) is 0. The maximum Gasteiger partial charge on any atom is 0.123 e. The molecule has 28 heavy (non-hydrogen) atoms. The van der Waals surface area contributed by atoms with Crippen LogP contribution in [0.4, 0.5) is 4.39 Å². The molecule has 0 aliphatic carbocycles. The van der Waals surface area contributed by atoms with Gasteiger partial charge in [-0.05, 0) is 31.5 Å². The number of benzene rings is 3. The minimum absolute atomic E-state index is 0.249. The molecule has 4 heteroatoms. The first-order valence-corrected chi connectivity index (χ1v) is 9.54. The van der Waals surface area contributed by atoms with Gasteiger partial charge in [0.05, 0.1) is 17.3 Å². The van der Waals surface area contributed by atoms with E-state index in [0.717, 1.165) is 28.1 Å². The first-order valence-electron chi connectivity index (χ1n) is 9.16. The molecule has 0 aliphatic rings. The Balaban J connectivity index is 1.84. The third kappa shape index (κ3) is 3.71. The van der Waals surface area contributed by atoms with Crippen LogP contribution >= 0.6 is 11.6 Å². The molecule has 2 nitrogen and oxygen atoms in total. The number of hydrogen-bond acceptors (Lipinski definition) is 1. The highest BCUT2D eigenvalue weighted by Crippen LogP contribution is 2.37. The van der Waals surface area contributed by atoms with Gasteiger partial charge in [0.2, 0.25) is 0 Å². The van der Waals surface area contributed by atoms with Gasteiger partial charge < -0.3 is 0 Å². The number of nitrogens with zero attached hydrogens (tertiary/aromatic N) is 2. The molecular formula is C24H20ClFN2. The predicted molar refractivity (Wildman–Crippen MR) is 113 cm³/mol. The van der Waals surface area contributed by atoms with E-state index in [-0.39, 0.29) is 5.82 Å². The molecule has 0 radical (unpaired) electrons. The summed E-state index contributed by atoms with van der Waals surface area (Å²) < 4.78 is 15.2. The Hall–Kier alpha value is -2.91. The fourth-order valence-electron chi connectivity index (χ4n) is 3.20. The zero-order valence-corrected chi connectivity index (χ0v) is 16.5. The van der Waals surface area contributed by atoms with Gasteiger partial charge in [-0.1, -0.05) is 83.4 Å². The minimum Gasteiger partial charge on any atom is -0.258 e. The van der Waals surface area contributed by atoms with Gasteiger partial charge in [-0.3, -0.25) is 4.68 Å². The largest absolute Gasteiger partial charge is 0.258 e. The molecule has 0 saturated heterocycles. The van der Waals surface area contributed by atoms with Crippen LogP contribution in [0.15, 0.2) is 72.8 Å². The molecule has 0 amide bonds. The Morgan fingerprint density at radius 1 is 0.786 bits per heavy atom. The molecule has 1 heterocycles. The summed E-state index contributed by atoms with van der Waals surface area (Å²) in [5, 5.41) is 5.44. The third-order valence-electron chi connectivity index (χ3n) is 4.79. The van der Waals surface area contributed by atoms with Gasteiger partial charge in [0.1, 0.15) is 11.5 Å². The average molecular weight is 391 g/mol. The van der Waals surface area contributed by atoms with Crippen molar-refractivity contribution in [3.63, 3.8) is 0 Å². The van der Waals surface area contributed by atoms with E-state index in [2.05, 4.69) is 50.2 Å². The second-order valence-electron chi connectivity index (χ2n) is 7.03. The van der Waals surface area contributed by atoms with E-state index in [1.807, 2.05) is 16.8 Å². The normalized spacial score (nSPS) is 11.0. The lowest BCUT2D eigenvalue weighted by Gasteiger charge is -2.09. The van der Waals surface area contributed by atoms with Crippen molar-refractivity contribution in [1.82, 2.24) is 9.78 Å². The van der Waals surface area contributed by atoms with E-state index in [0.29, 0.717) is 11.6 Å². The first kappa shape index (κ1) is 18.5. The zero-order chi connectivity index (χ0) is 19.7. The molecule has 0 fully saturated rings. The Labute approximate surface area is 169 Å². The molecule has 0 atom stereocenters. The standard InChI is InChI=1S/C24H20ClFN2/c1-16-3-9-19(10-4-16)23-22(25)24(20-11-5-17(2)6-12-20)28(27-23)15-18-7-13-21(26)14-8-18/h3-14H,15H2,1-2H3. The maximum absolute atomic E-state index is 13.3. The molecule has 4 aromatic rings. The number of hydrogen-bond donors (Lipinski definition) is 0. The number of halogens is 2. The van der Waals surface area contributed by atoms with Crippen LogP contribution in [0.1, 0.15) is 16.7 Å². The topological polar surface area (TPSA) is 17.8 Å². The Morgan fingerprint density at radius 3 is 1.89 bits per heavy atom. The van der Waals surface area contributed by atoms with Gasteiger partial charge in [0.25, 0.3) is 0 Å². The molecule has 3 aromatic carbocycles. The van der Waals surface area contributed by atoms with Crippen LogP contribution in [0.2, 0.25) is 5.02 Å². The molecule has 0 aliphatic heterocycles. The summed E-state index contributed by atoms with van der Waals surface area (Å²) in [4.78, 5) is 0. The van der Waals surface area contributed by atoms with Crippen molar-refractivity contribution in [2.75, 3.05) is 0 Å². The van der Waals surface area contributed by atoms with Crippen LogP contribution in [0.25, 0.3) is 22.5 Å². The molecule has 0 spiro atoms. The van der Waals surface area contributed by atoms with Gasteiger partial charge in [0, 0.05) is 11.1 Å². The predicted octanol–water partition coefficient (Wildman–Crippen LogP) is 6.67. The van der Waals surface area contributed by atoms with Crippen molar-refractivity contribution in [2.45, 2.75) is 20.4 Å². The van der Waals surface area contributed by atoms with Gasteiger partial charge >= 0.3 is 0 Å². The molecule has 0 bridgehead atoms. The highest BCUT2D eigenvalue weighted by atomic mass is 35.5. The summed E-state index contributed by atoms with van der Waals surface area (Å²) in [6, 6.07) is 22.9. The van der Waals surface area contributed by atoms with Crippen molar-refractivity contribution >= 4 is 11.6 Å². The fourth-order valence-corrected chi connectivity index (χ4v) is 3.55. The summed E-state index contributed by atoms with van der Waals surface area (Å²) in [5.41, 5.74) is 6.92. The van der Waals surface area contributed by atoms with Crippen LogP contribution in [0, 0.1) is 19.7 Å². The van der Waals surface area contributed by atoms with E-state index >= 15 is 0 Å². The number of aromatic nitrogens is 2. The summed E-state index contributed by atoms with van der Waals surface area (Å²) in [6.07, 6.45) is 0. The van der Waals surface area contributed by atoms with Crippen molar-refractivity contribution in [3.8, 4) is 22.5 Å². The monoisotopic (exact) mass is 390 g/mol. The third-order valence-corrected chi connectivity index (χ3v) is 5.15. The van der Waals surface area contributed by atoms with Crippen LogP contribution in [-0.2, 0) is 6.54 Å². The molecule has 0 N–H and O–H groups in total. The van der Waals surface area contributed by atoms with E-state index < -0.39 is 0 Å². The van der Waals surface area contributed by atoms with Gasteiger partial charge in [-0.25, -0.2) is 4.39 Å². The van der Waals surface area contributed by atoms with E-state index in [1.165, 1.54) is 23.3 Å². The summed E-state index contributed by atoms with van der Waals surface area (Å²) >= 11 is 6.83. The molecule has 0 unspecified atom stereocenters. The summed E-state index contributed by atoms with van der Waals surface area (Å²) in [5.74, 6) is -0.249. The Bertz CT molecular complexity index is 1100. The smallest absolute Gasteiger partial charge is 0.123 e. The van der Waals surface area contributed by atoms with E-state index in [9.17, 15) is 4.39 Å². The molecular weight excluding hydrogens is 371 g/mol. The average Bonchev–Trinajstić information content (AvgIpc) is 3.01. The highest BCUT2D eigenvalue weighted by Gasteiger charge is 2.19. The van der Waals surface area contributed by atoms with Gasteiger partial charge in [-0.2, -0.15) is 5.10 Å². The van der Waals surface area contributed by atoms with Crippen molar-refractivity contribution in [2.24, 2.45) is 0 Å². The minimum atomic E-state index is -0.249. The van der Waals surface area contributed by atoms with E-state index in [1.54, 1.807) is 12.1 Å². The van der Waals surface area contributed by atoms with Crippen LogP contribution in [0.5, 0.6) is 0 Å². The van der Waals surface area contributed by atoms with Crippen molar-refractivity contribution in [3.05, 3.63) is 100 Å². The zero-order valence-electron chi connectivity index (χ0n) is 15.8. The molecule has 140 valence electrons. The number of aryl methyl sites for hydroxylation is 2. The molecule has 4 rings (SSSR count). The Morgan fingerprint density at radius 2 is 1.32 bits per heavy atom. The second-order valence-corrected chi connectivity index (χ2v) is 7.41. The summed E-state index contributed by atoms with van der Waals surface area (Å²) in [6.45, 7) is 4.62. The lowest BCUT2D eigenvalue weighted by molar-refractivity contribution is 0.625. The first-order chi connectivity index (χ1) is 13.5.